The highest BCUT2D eigenvalue weighted by molar-refractivity contribution is 5.76. The van der Waals surface area contributed by atoms with E-state index in [1.807, 2.05) is 6.92 Å². The van der Waals surface area contributed by atoms with Crippen LogP contribution in [0.4, 0.5) is 0 Å². The maximum absolute atomic E-state index is 10.8. The fourth-order valence-corrected chi connectivity index (χ4v) is 1.38. The van der Waals surface area contributed by atoms with Gasteiger partial charge in [-0.2, -0.15) is 0 Å². The third-order valence-corrected chi connectivity index (χ3v) is 2.16. The minimum Gasteiger partial charge on any atom is -0.485 e. The summed E-state index contributed by atoms with van der Waals surface area (Å²) >= 11 is 0. The van der Waals surface area contributed by atoms with Gasteiger partial charge in [-0.3, -0.25) is 9.48 Å². The van der Waals surface area contributed by atoms with E-state index in [2.05, 4.69) is 15.3 Å². The second-order valence-electron chi connectivity index (χ2n) is 3.63. The number of hydrogen-bond acceptors (Lipinski definition) is 5. The molecule has 2 aromatic rings. The minimum atomic E-state index is 0.263. The number of aldehydes is 1. The minimum absolute atomic E-state index is 0.263. The van der Waals surface area contributed by atoms with Crippen LogP contribution in [-0.4, -0.2) is 26.3 Å². The van der Waals surface area contributed by atoms with Crippen molar-refractivity contribution in [3.05, 3.63) is 35.4 Å². The first-order chi connectivity index (χ1) is 8.19. The van der Waals surface area contributed by atoms with Crippen LogP contribution < -0.4 is 4.74 Å². The molecule has 17 heavy (non-hydrogen) atoms. The van der Waals surface area contributed by atoms with Gasteiger partial charge in [-0.15, -0.1) is 5.10 Å². The predicted octanol–water partition coefficient (Wildman–Crippen LogP) is 0.910. The maximum atomic E-state index is 10.8. The number of ether oxygens (including phenoxy) is 1. The first-order valence-corrected chi connectivity index (χ1v) is 5.10. The van der Waals surface area contributed by atoms with Crippen LogP contribution in [0.15, 0.2) is 18.3 Å². The predicted molar refractivity (Wildman–Crippen MR) is 59.7 cm³/mol. The Hall–Kier alpha value is -2.24. The first kappa shape index (κ1) is 11.3. The van der Waals surface area contributed by atoms with E-state index < -0.39 is 0 Å². The second kappa shape index (κ2) is 4.73. The van der Waals surface area contributed by atoms with Crippen molar-refractivity contribution in [2.75, 3.05) is 0 Å². The summed E-state index contributed by atoms with van der Waals surface area (Å²) in [6.07, 6.45) is 2.43. The van der Waals surface area contributed by atoms with E-state index in [0.717, 1.165) is 5.69 Å². The average Bonchev–Trinajstić information content (AvgIpc) is 2.73. The number of hydrogen-bond donors (Lipinski definition) is 0. The molecule has 2 aromatic heterocycles. The van der Waals surface area contributed by atoms with E-state index in [9.17, 15) is 4.79 Å². The molecule has 0 saturated heterocycles. The molecule has 0 saturated carbocycles. The van der Waals surface area contributed by atoms with E-state index in [1.54, 1.807) is 30.1 Å². The molecule has 0 aliphatic carbocycles. The summed E-state index contributed by atoms with van der Waals surface area (Å²) in [5.41, 5.74) is 1.78. The van der Waals surface area contributed by atoms with Crippen molar-refractivity contribution in [2.45, 2.75) is 13.5 Å². The summed E-state index contributed by atoms with van der Waals surface area (Å²) in [5, 5.41) is 7.67. The number of rotatable bonds is 4. The molecule has 2 heterocycles. The van der Waals surface area contributed by atoms with Gasteiger partial charge in [0.15, 0.2) is 6.29 Å². The van der Waals surface area contributed by atoms with Crippen LogP contribution in [0.3, 0.4) is 0 Å². The summed E-state index contributed by atoms with van der Waals surface area (Å²) in [7, 11) is 1.78. The molecule has 0 aliphatic heterocycles. The van der Waals surface area contributed by atoms with Crippen LogP contribution in [0.1, 0.15) is 21.9 Å². The molecule has 0 unspecified atom stereocenters. The molecule has 0 bridgehead atoms. The topological polar surface area (TPSA) is 69.9 Å². The van der Waals surface area contributed by atoms with Crippen molar-refractivity contribution in [3.63, 3.8) is 0 Å². The van der Waals surface area contributed by atoms with Crippen molar-refractivity contribution < 1.29 is 9.53 Å². The van der Waals surface area contributed by atoms with E-state index >= 15 is 0 Å². The Labute approximate surface area is 98.2 Å². The third-order valence-electron chi connectivity index (χ3n) is 2.16. The first-order valence-electron chi connectivity index (χ1n) is 5.10. The highest BCUT2D eigenvalue weighted by Gasteiger charge is 2.06. The lowest BCUT2D eigenvalue weighted by atomic mass is 10.3. The fourth-order valence-electron chi connectivity index (χ4n) is 1.38. The van der Waals surface area contributed by atoms with Crippen LogP contribution in [0.25, 0.3) is 0 Å². The summed E-state index contributed by atoms with van der Waals surface area (Å²) in [4.78, 5) is 14.9. The molecule has 0 aromatic carbocycles. The van der Waals surface area contributed by atoms with Gasteiger partial charge in [0, 0.05) is 12.7 Å². The molecular formula is C11H12N4O2. The Morgan fingerprint density at radius 3 is 2.94 bits per heavy atom. The van der Waals surface area contributed by atoms with Gasteiger partial charge in [0.25, 0.3) is 0 Å². The van der Waals surface area contributed by atoms with Crippen LogP contribution in [0, 0.1) is 6.92 Å². The molecule has 0 amide bonds. The maximum Gasteiger partial charge on any atom is 0.172 e. The lowest BCUT2D eigenvalue weighted by molar-refractivity contribution is 0.111. The molecule has 0 N–H and O–H groups in total. The van der Waals surface area contributed by atoms with Gasteiger partial charge in [-0.1, -0.05) is 5.21 Å². The molecule has 0 fully saturated rings. The van der Waals surface area contributed by atoms with Gasteiger partial charge >= 0.3 is 0 Å². The van der Waals surface area contributed by atoms with Crippen molar-refractivity contribution >= 4 is 6.29 Å². The van der Waals surface area contributed by atoms with Gasteiger partial charge in [0.05, 0.1) is 6.20 Å². The van der Waals surface area contributed by atoms with E-state index in [4.69, 9.17) is 4.74 Å². The molecule has 88 valence electrons. The standard InChI is InChI=1S/C11H12N4O2/c1-8-3-4-11(10(6-16)12-8)17-7-9-5-15(2)14-13-9/h3-6H,7H2,1-2H3. The second-order valence-corrected chi connectivity index (χ2v) is 3.63. The number of nitrogens with zero attached hydrogens (tertiary/aromatic N) is 4. The number of carbonyl (C=O) groups is 1. The number of aromatic nitrogens is 4. The van der Waals surface area contributed by atoms with Crippen LogP contribution in [0.5, 0.6) is 5.75 Å². The fraction of sp³-hybridized carbons (Fsp3) is 0.273. The average molecular weight is 232 g/mol. The Balaban J connectivity index is 2.11. The number of pyridine rings is 1. The van der Waals surface area contributed by atoms with Gasteiger partial charge in [-0.25, -0.2) is 4.98 Å². The normalized spacial score (nSPS) is 10.2. The summed E-state index contributed by atoms with van der Waals surface area (Å²) < 4.78 is 7.06. The summed E-state index contributed by atoms with van der Waals surface area (Å²) in [5.74, 6) is 0.455. The SMILES string of the molecule is Cc1ccc(OCc2cn(C)nn2)c(C=O)n1. The van der Waals surface area contributed by atoms with Gasteiger partial charge in [0.2, 0.25) is 0 Å². The van der Waals surface area contributed by atoms with E-state index in [-0.39, 0.29) is 6.61 Å². The molecular weight excluding hydrogens is 220 g/mol. The molecule has 6 nitrogen and oxygen atoms in total. The molecule has 0 atom stereocenters. The highest BCUT2D eigenvalue weighted by atomic mass is 16.5. The van der Waals surface area contributed by atoms with Crippen molar-refractivity contribution in [2.24, 2.45) is 7.05 Å². The van der Waals surface area contributed by atoms with Crippen molar-refractivity contribution in [1.29, 1.82) is 0 Å². The zero-order valence-corrected chi connectivity index (χ0v) is 9.62. The molecule has 0 aliphatic rings. The smallest absolute Gasteiger partial charge is 0.172 e. The van der Waals surface area contributed by atoms with Crippen molar-refractivity contribution in [3.8, 4) is 5.75 Å². The molecule has 0 spiro atoms. The van der Waals surface area contributed by atoms with Crippen LogP contribution in [0.2, 0.25) is 0 Å². The van der Waals surface area contributed by atoms with E-state index in [1.165, 1.54) is 0 Å². The Morgan fingerprint density at radius 1 is 1.47 bits per heavy atom. The summed E-state index contributed by atoms with van der Waals surface area (Å²) in [6, 6.07) is 3.52. The summed E-state index contributed by atoms with van der Waals surface area (Å²) in [6.45, 7) is 2.08. The molecule has 2 rings (SSSR count). The largest absolute Gasteiger partial charge is 0.485 e. The Morgan fingerprint density at radius 2 is 2.29 bits per heavy atom. The Bertz CT molecular complexity index is 536. The van der Waals surface area contributed by atoms with Crippen LogP contribution >= 0.6 is 0 Å². The van der Waals surface area contributed by atoms with Gasteiger partial charge in [-0.05, 0) is 19.1 Å². The zero-order chi connectivity index (χ0) is 12.3. The molecule has 0 radical (unpaired) electrons. The quantitative estimate of drug-likeness (QED) is 0.733. The van der Waals surface area contributed by atoms with Gasteiger partial charge < -0.3 is 4.74 Å². The highest BCUT2D eigenvalue weighted by Crippen LogP contribution is 2.16. The lowest BCUT2D eigenvalue weighted by Gasteiger charge is -2.06. The number of aryl methyl sites for hydroxylation is 2. The Kier molecular flexibility index (Phi) is 3.13. The monoisotopic (exact) mass is 232 g/mol. The third kappa shape index (κ3) is 2.66. The lowest BCUT2D eigenvalue weighted by Crippen LogP contribution is -2.01. The van der Waals surface area contributed by atoms with E-state index in [0.29, 0.717) is 23.4 Å². The zero-order valence-electron chi connectivity index (χ0n) is 9.62. The van der Waals surface area contributed by atoms with Gasteiger partial charge in [0.1, 0.15) is 23.7 Å². The van der Waals surface area contributed by atoms with Crippen LogP contribution in [-0.2, 0) is 13.7 Å². The molecule has 6 heteroatoms. The number of carbonyl (C=O) groups excluding carboxylic acids is 1. The van der Waals surface area contributed by atoms with Crippen molar-refractivity contribution in [1.82, 2.24) is 20.0 Å².